The molecule has 0 aromatic carbocycles. The van der Waals surface area contributed by atoms with Gasteiger partial charge >= 0.3 is 0 Å². The fourth-order valence-electron chi connectivity index (χ4n) is 4.22. The van der Waals surface area contributed by atoms with Gasteiger partial charge in [-0.2, -0.15) is 0 Å². The average molecular weight is 441 g/mol. The molecule has 0 spiro atoms. The number of hydrogen-bond donors (Lipinski definition) is 2. The number of nitrogens with zero attached hydrogens (tertiary/aromatic N) is 2. The van der Waals surface area contributed by atoms with Crippen molar-refractivity contribution in [1.29, 1.82) is 0 Å². The molecule has 160 valence electrons. The van der Waals surface area contributed by atoms with Crippen molar-refractivity contribution in [2.75, 3.05) is 11.9 Å². The van der Waals surface area contributed by atoms with Gasteiger partial charge < -0.3 is 10.6 Å². The zero-order valence-electron chi connectivity index (χ0n) is 17.5. The number of carbonyl (C=O) groups is 2. The van der Waals surface area contributed by atoms with Gasteiger partial charge in [0.15, 0.2) is 17.4 Å². The molecule has 6 nitrogen and oxygen atoms in total. The number of anilines is 2. The average Bonchev–Trinajstić information content (AvgIpc) is 2.71. The van der Waals surface area contributed by atoms with Crippen LogP contribution in [-0.4, -0.2) is 28.2 Å². The van der Waals surface area contributed by atoms with Crippen LogP contribution in [0.2, 0.25) is 5.15 Å². The lowest BCUT2D eigenvalue weighted by Crippen LogP contribution is -2.32. The minimum Gasteiger partial charge on any atom is -0.352 e. The number of allylic oxidation sites excluding steroid dienone is 1. The predicted octanol–water partition coefficient (Wildman–Crippen LogP) is 4.77. The summed E-state index contributed by atoms with van der Waals surface area (Å²) in [5.41, 5.74) is 5.15. The Morgan fingerprint density at radius 1 is 1.19 bits per heavy atom. The number of ketones is 1. The summed E-state index contributed by atoms with van der Waals surface area (Å²) in [6.07, 6.45) is 5.02. The van der Waals surface area contributed by atoms with Crippen molar-refractivity contribution in [3.8, 4) is 0 Å². The zero-order valence-corrected chi connectivity index (χ0v) is 18.3. The fraction of sp³-hybridized carbons (Fsp3) is 0.304. The minimum atomic E-state index is -0.524. The van der Waals surface area contributed by atoms with E-state index in [1.807, 2.05) is 13.8 Å². The Hall–Kier alpha value is -3.06. The Bertz CT molecular complexity index is 1190. The van der Waals surface area contributed by atoms with E-state index in [1.54, 1.807) is 6.20 Å². The maximum Gasteiger partial charge on any atom is 0.251 e. The number of hydrogen-bond acceptors (Lipinski definition) is 5. The second kappa shape index (κ2) is 8.23. The van der Waals surface area contributed by atoms with E-state index in [-0.39, 0.29) is 28.2 Å². The maximum absolute atomic E-state index is 15.6. The fourth-order valence-corrected chi connectivity index (χ4v) is 4.38. The number of nitrogens with one attached hydrogen (secondary N) is 2. The van der Waals surface area contributed by atoms with Gasteiger partial charge in [0.1, 0.15) is 5.15 Å². The van der Waals surface area contributed by atoms with Crippen LogP contribution in [0.5, 0.6) is 0 Å². The summed E-state index contributed by atoms with van der Waals surface area (Å²) in [6, 6.07) is 1.47. The van der Waals surface area contributed by atoms with E-state index in [9.17, 15) is 9.59 Å². The Balaban J connectivity index is 1.81. The third-order valence-electron chi connectivity index (χ3n) is 5.81. The van der Waals surface area contributed by atoms with Crippen LogP contribution in [-0.2, 0) is 11.2 Å². The van der Waals surface area contributed by atoms with Gasteiger partial charge in [-0.15, -0.1) is 0 Å². The highest BCUT2D eigenvalue weighted by Crippen LogP contribution is 2.39. The van der Waals surface area contributed by atoms with Crippen LogP contribution in [0.25, 0.3) is 5.57 Å². The van der Waals surface area contributed by atoms with Crippen molar-refractivity contribution < 1.29 is 14.0 Å². The Labute approximate surface area is 184 Å². The smallest absolute Gasteiger partial charge is 0.251 e. The van der Waals surface area contributed by atoms with Crippen LogP contribution in [0.4, 0.5) is 15.9 Å². The number of pyridine rings is 2. The second-order valence-corrected chi connectivity index (χ2v) is 8.21. The van der Waals surface area contributed by atoms with Crippen LogP contribution in [0.3, 0.4) is 0 Å². The number of rotatable bonds is 4. The van der Waals surface area contributed by atoms with Gasteiger partial charge in [-0.25, -0.2) is 14.4 Å². The highest BCUT2D eigenvalue weighted by Gasteiger charge is 2.29. The summed E-state index contributed by atoms with van der Waals surface area (Å²) in [5, 5.41) is 5.96. The van der Waals surface area contributed by atoms with E-state index < -0.39 is 5.82 Å². The first-order valence-corrected chi connectivity index (χ1v) is 10.4. The largest absolute Gasteiger partial charge is 0.352 e. The molecular formula is C23H22ClFN4O2. The molecule has 4 rings (SSSR count). The van der Waals surface area contributed by atoms with Crippen LogP contribution in [0.15, 0.2) is 35.2 Å². The molecule has 0 unspecified atom stereocenters. The van der Waals surface area contributed by atoms with E-state index in [0.717, 1.165) is 28.7 Å². The standard InChI is InChI=1S/C23H22ClFN4O2/c1-11-6-7-26-23(31)19(11)15-5-4-14-9-28-22(21(25)20(14)12(15)2)29-17-8-18(24)27-10-16(17)13(3)30/h8-10H,4-7H2,1-3H3,(H,26,31)(H,27,28,29). The van der Waals surface area contributed by atoms with Gasteiger partial charge in [0, 0.05) is 30.1 Å². The molecule has 2 aromatic rings. The molecular weight excluding hydrogens is 419 g/mol. The topological polar surface area (TPSA) is 84.0 Å². The van der Waals surface area contributed by atoms with Crippen LogP contribution in [0, 0.1) is 5.82 Å². The van der Waals surface area contributed by atoms with Gasteiger partial charge in [0.05, 0.1) is 11.3 Å². The number of aryl methyl sites for hydroxylation is 1. The molecule has 0 radical (unpaired) electrons. The van der Waals surface area contributed by atoms with Crippen molar-refractivity contribution >= 4 is 40.4 Å². The van der Waals surface area contributed by atoms with Crippen molar-refractivity contribution in [1.82, 2.24) is 15.3 Å². The predicted molar refractivity (Wildman–Crippen MR) is 118 cm³/mol. The molecule has 0 saturated heterocycles. The number of Topliss-reactive ketones (excluding diaryl/α,β-unsaturated/α-hetero) is 1. The Kier molecular flexibility index (Phi) is 5.62. The normalized spacial score (nSPS) is 16.2. The highest BCUT2D eigenvalue weighted by molar-refractivity contribution is 6.29. The van der Waals surface area contributed by atoms with Crippen molar-refractivity contribution in [2.45, 2.75) is 40.0 Å². The third kappa shape index (κ3) is 3.85. The molecule has 3 heterocycles. The van der Waals surface area contributed by atoms with E-state index in [4.69, 9.17) is 11.6 Å². The van der Waals surface area contributed by atoms with Crippen molar-refractivity contribution in [3.05, 3.63) is 62.8 Å². The van der Waals surface area contributed by atoms with E-state index in [1.165, 1.54) is 19.2 Å². The molecule has 1 aliphatic heterocycles. The highest BCUT2D eigenvalue weighted by atomic mass is 35.5. The van der Waals surface area contributed by atoms with E-state index in [0.29, 0.717) is 36.2 Å². The lowest BCUT2D eigenvalue weighted by atomic mass is 9.81. The SMILES string of the molecule is CC(=O)c1cnc(Cl)cc1Nc1ncc2c(c1F)C(C)=C(C1=C(C)CCNC1=O)CC2. The summed E-state index contributed by atoms with van der Waals surface area (Å²) in [5.74, 6) is -0.868. The molecule has 2 aliphatic rings. The molecule has 1 amide bonds. The summed E-state index contributed by atoms with van der Waals surface area (Å²) in [7, 11) is 0. The van der Waals surface area contributed by atoms with E-state index >= 15 is 4.39 Å². The monoisotopic (exact) mass is 440 g/mol. The molecule has 2 N–H and O–H groups in total. The number of halogens is 2. The molecule has 1 aliphatic carbocycles. The Morgan fingerprint density at radius 3 is 2.68 bits per heavy atom. The molecule has 0 fully saturated rings. The lowest BCUT2D eigenvalue weighted by Gasteiger charge is -2.27. The van der Waals surface area contributed by atoms with Crippen LogP contribution < -0.4 is 10.6 Å². The molecule has 0 atom stereocenters. The number of carbonyl (C=O) groups excluding carboxylic acids is 2. The molecule has 31 heavy (non-hydrogen) atoms. The minimum absolute atomic E-state index is 0.0112. The van der Waals surface area contributed by atoms with E-state index in [2.05, 4.69) is 20.6 Å². The molecule has 8 heteroatoms. The van der Waals surface area contributed by atoms with Crippen LogP contribution in [0.1, 0.15) is 55.1 Å². The summed E-state index contributed by atoms with van der Waals surface area (Å²) in [4.78, 5) is 32.6. The second-order valence-electron chi connectivity index (χ2n) is 7.82. The zero-order chi connectivity index (χ0) is 22.3. The van der Waals surface area contributed by atoms with Crippen molar-refractivity contribution in [3.63, 3.8) is 0 Å². The summed E-state index contributed by atoms with van der Waals surface area (Å²) in [6.45, 7) is 5.82. The lowest BCUT2D eigenvalue weighted by molar-refractivity contribution is -0.117. The molecule has 0 saturated carbocycles. The maximum atomic E-state index is 15.6. The quantitative estimate of drug-likeness (QED) is 0.528. The van der Waals surface area contributed by atoms with Gasteiger partial charge in [0.25, 0.3) is 5.91 Å². The number of fused-ring (bicyclic) bond motifs is 1. The third-order valence-corrected chi connectivity index (χ3v) is 6.02. The number of aromatic nitrogens is 2. The first kappa shape index (κ1) is 21.2. The molecule has 0 bridgehead atoms. The van der Waals surface area contributed by atoms with Gasteiger partial charge in [-0.1, -0.05) is 17.2 Å². The van der Waals surface area contributed by atoms with Gasteiger partial charge in [-0.3, -0.25) is 9.59 Å². The van der Waals surface area contributed by atoms with Gasteiger partial charge in [-0.05, 0) is 62.8 Å². The summed E-state index contributed by atoms with van der Waals surface area (Å²) >= 11 is 5.97. The van der Waals surface area contributed by atoms with Gasteiger partial charge in [0.2, 0.25) is 0 Å². The van der Waals surface area contributed by atoms with Crippen molar-refractivity contribution in [2.24, 2.45) is 0 Å². The number of amides is 1. The molecule has 2 aromatic heterocycles. The summed E-state index contributed by atoms with van der Waals surface area (Å²) < 4.78 is 15.6. The Morgan fingerprint density at radius 2 is 1.97 bits per heavy atom. The van der Waals surface area contributed by atoms with Crippen LogP contribution >= 0.6 is 11.6 Å². The first-order valence-electron chi connectivity index (χ1n) is 10.1. The first-order chi connectivity index (χ1) is 14.8.